The van der Waals surface area contributed by atoms with Gasteiger partial charge in [0.05, 0.1) is 6.04 Å². The fraction of sp³-hybridized carbons (Fsp3) is 0.500. The molecule has 2 aliphatic rings. The second-order valence-corrected chi connectivity index (χ2v) is 7.07. The van der Waals surface area contributed by atoms with Crippen molar-refractivity contribution < 1.29 is 9.59 Å². The molecule has 1 amide bonds. The summed E-state index contributed by atoms with van der Waals surface area (Å²) >= 11 is 1.31. The fourth-order valence-electron chi connectivity index (χ4n) is 3.36. The van der Waals surface area contributed by atoms with Crippen molar-refractivity contribution in [1.29, 1.82) is 0 Å². The zero-order chi connectivity index (χ0) is 14.1. The Morgan fingerprint density at radius 3 is 2.95 bits per heavy atom. The number of likely N-dealkylation sites (tertiary alicyclic amines) is 1. The Hall–Kier alpha value is -1.29. The Balaban J connectivity index is 1.80. The summed E-state index contributed by atoms with van der Waals surface area (Å²) in [6.45, 7) is 2.29. The van der Waals surface area contributed by atoms with Gasteiger partial charge in [-0.15, -0.1) is 0 Å². The molecule has 1 heterocycles. The van der Waals surface area contributed by atoms with Gasteiger partial charge < -0.3 is 4.90 Å². The predicted molar refractivity (Wildman–Crippen MR) is 80.5 cm³/mol. The van der Waals surface area contributed by atoms with E-state index in [1.54, 1.807) is 6.92 Å². The molecule has 0 radical (unpaired) electrons. The summed E-state index contributed by atoms with van der Waals surface area (Å²) in [6.07, 6.45) is 3.79. The summed E-state index contributed by atoms with van der Waals surface area (Å²) in [5, 5.41) is 0.239. The van der Waals surface area contributed by atoms with Gasteiger partial charge in [0.1, 0.15) is 0 Å². The Kier molecular flexibility index (Phi) is 3.83. The van der Waals surface area contributed by atoms with Crippen molar-refractivity contribution >= 4 is 22.8 Å². The monoisotopic (exact) mass is 289 g/mol. The second-order valence-electron chi connectivity index (χ2n) is 5.59. The van der Waals surface area contributed by atoms with E-state index >= 15 is 0 Å². The third-order valence-corrected chi connectivity index (χ3v) is 5.15. The zero-order valence-corrected chi connectivity index (χ0v) is 12.5. The number of carbonyl (C=O) groups is 2. The first-order valence-electron chi connectivity index (χ1n) is 7.19. The van der Waals surface area contributed by atoms with E-state index in [0.717, 1.165) is 19.3 Å². The normalized spacial score (nSPS) is 25.6. The molecule has 3 rings (SSSR count). The van der Waals surface area contributed by atoms with E-state index in [9.17, 15) is 9.59 Å². The lowest BCUT2D eigenvalue weighted by molar-refractivity contribution is -0.130. The molecule has 0 saturated carbocycles. The van der Waals surface area contributed by atoms with Gasteiger partial charge in [0.2, 0.25) is 5.91 Å². The molecule has 0 aromatic heterocycles. The first-order chi connectivity index (χ1) is 9.65. The Labute approximate surface area is 123 Å². The van der Waals surface area contributed by atoms with Crippen LogP contribution in [0.2, 0.25) is 0 Å². The van der Waals surface area contributed by atoms with E-state index in [4.69, 9.17) is 0 Å². The van der Waals surface area contributed by atoms with Gasteiger partial charge in [0.15, 0.2) is 5.12 Å². The van der Waals surface area contributed by atoms with Gasteiger partial charge in [-0.25, -0.2) is 0 Å². The summed E-state index contributed by atoms with van der Waals surface area (Å²) in [6, 6.07) is 8.66. The van der Waals surface area contributed by atoms with E-state index in [2.05, 4.69) is 24.3 Å². The average molecular weight is 289 g/mol. The Morgan fingerprint density at radius 1 is 1.35 bits per heavy atom. The van der Waals surface area contributed by atoms with E-state index in [1.807, 2.05) is 4.90 Å². The average Bonchev–Trinajstić information content (AvgIpc) is 2.78. The van der Waals surface area contributed by atoms with Gasteiger partial charge in [-0.05, 0) is 30.4 Å². The Morgan fingerprint density at radius 2 is 2.15 bits per heavy atom. The van der Waals surface area contributed by atoms with Crippen molar-refractivity contribution in [3.63, 3.8) is 0 Å². The Bertz CT molecular complexity index is 543. The van der Waals surface area contributed by atoms with Crippen molar-refractivity contribution in [3.8, 4) is 0 Å². The molecular weight excluding hydrogens is 270 g/mol. The van der Waals surface area contributed by atoms with E-state index < -0.39 is 0 Å². The van der Waals surface area contributed by atoms with Crippen LogP contribution in [0, 0.1) is 0 Å². The maximum atomic E-state index is 12.3. The van der Waals surface area contributed by atoms with Crippen LogP contribution in [0.3, 0.4) is 0 Å². The molecule has 106 valence electrons. The van der Waals surface area contributed by atoms with Gasteiger partial charge >= 0.3 is 0 Å². The van der Waals surface area contributed by atoms with Crippen LogP contribution < -0.4 is 0 Å². The molecule has 4 heteroatoms. The molecule has 1 fully saturated rings. The maximum Gasteiger partial charge on any atom is 0.224 e. The third kappa shape index (κ3) is 2.62. The number of amides is 1. The molecule has 2 atom stereocenters. The highest BCUT2D eigenvalue weighted by atomic mass is 32.2. The van der Waals surface area contributed by atoms with Crippen LogP contribution in [0.15, 0.2) is 24.3 Å². The number of benzene rings is 1. The van der Waals surface area contributed by atoms with Gasteiger partial charge in [-0.2, -0.15) is 0 Å². The van der Waals surface area contributed by atoms with Crippen LogP contribution >= 0.6 is 11.8 Å². The number of hydrogen-bond donors (Lipinski definition) is 0. The third-order valence-electron chi connectivity index (χ3n) is 4.17. The van der Waals surface area contributed by atoms with Crippen LogP contribution in [-0.2, 0) is 16.0 Å². The van der Waals surface area contributed by atoms with E-state index in [-0.39, 0.29) is 22.3 Å². The van der Waals surface area contributed by atoms with E-state index in [0.29, 0.717) is 13.0 Å². The first-order valence-corrected chi connectivity index (χ1v) is 8.07. The van der Waals surface area contributed by atoms with Gasteiger partial charge in [-0.1, -0.05) is 36.0 Å². The quantitative estimate of drug-likeness (QED) is 0.840. The molecule has 20 heavy (non-hydrogen) atoms. The lowest BCUT2D eigenvalue weighted by Gasteiger charge is -2.33. The molecule has 1 aromatic carbocycles. The number of thioether (sulfide) groups is 1. The zero-order valence-electron chi connectivity index (χ0n) is 11.7. The summed E-state index contributed by atoms with van der Waals surface area (Å²) in [5.74, 6) is 0.199. The minimum atomic E-state index is 0.105. The molecular formula is C16H19NO2S. The highest BCUT2D eigenvalue weighted by Gasteiger charge is 2.37. The summed E-state index contributed by atoms with van der Waals surface area (Å²) in [5.41, 5.74) is 2.68. The van der Waals surface area contributed by atoms with Crippen molar-refractivity contribution in [2.45, 2.75) is 43.9 Å². The maximum absolute atomic E-state index is 12.3. The van der Waals surface area contributed by atoms with Crippen molar-refractivity contribution in [1.82, 2.24) is 4.90 Å². The molecule has 0 spiro atoms. The topological polar surface area (TPSA) is 37.4 Å². The van der Waals surface area contributed by atoms with Crippen LogP contribution in [0.25, 0.3) is 0 Å². The van der Waals surface area contributed by atoms with Crippen LogP contribution in [0.5, 0.6) is 0 Å². The highest BCUT2D eigenvalue weighted by molar-refractivity contribution is 8.14. The lowest BCUT2D eigenvalue weighted by atomic mass is 9.87. The van der Waals surface area contributed by atoms with Crippen molar-refractivity contribution in [2.75, 3.05) is 6.54 Å². The van der Waals surface area contributed by atoms with Crippen LogP contribution in [0.4, 0.5) is 0 Å². The molecule has 3 nitrogen and oxygen atoms in total. The summed E-state index contributed by atoms with van der Waals surface area (Å²) in [4.78, 5) is 25.5. The summed E-state index contributed by atoms with van der Waals surface area (Å²) < 4.78 is 0. The highest BCUT2D eigenvalue weighted by Crippen LogP contribution is 2.38. The van der Waals surface area contributed by atoms with Crippen LogP contribution in [0.1, 0.15) is 43.4 Å². The molecule has 1 saturated heterocycles. The molecule has 1 aliphatic carbocycles. The second kappa shape index (κ2) is 5.60. The molecule has 0 N–H and O–H groups in total. The SMILES string of the molecule is CC(=O)SC1CC(=O)N(C2CCCc3ccccc32)C1. The summed E-state index contributed by atoms with van der Waals surface area (Å²) in [7, 11) is 0. The molecule has 2 unspecified atom stereocenters. The van der Waals surface area contributed by atoms with Gasteiger partial charge in [0.25, 0.3) is 0 Å². The minimum absolute atomic E-state index is 0.105. The number of aryl methyl sites for hydroxylation is 1. The molecule has 1 aliphatic heterocycles. The fourth-order valence-corrected chi connectivity index (χ4v) is 4.29. The predicted octanol–water partition coefficient (Wildman–Crippen LogP) is 2.94. The smallest absolute Gasteiger partial charge is 0.224 e. The molecule has 1 aromatic rings. The first kappa shape index (κ1) is 13.7. The number of nitrogens with zero attached hydrogens (tertiary/aromatic N) is 1. The molecule has 0 bridgehead atoms. The van der Waals surface area contributed by atoms with Gasteiger partial charge in [0, 0.05) is 25.1 Å². The number of hydrogen-bond acceptors (Lipinski definition) is 3. The van der Waals surface area contributed by atoms with Crippen molar-refractivity contribution in [2.24, 2.45) is 0 Å². The number of fused-ring (bicyclic) bond motifs is 1. The number of rotatable bonds is 2. The number of carbonyl (C=O) groups excluding carboxylic acids is 2. The van der Waals surface area contributed by atoms with Crippen molar-refractivity contribution in [3.05, 3.63) is 35.4 Å². The standard InChI is InChI=1S/C16H19NO2S/c1-11(18)20-13-9-16(19)17(10-13)15-8-4-6-12-5-2-3-7-14(12)15/h2-3,5,7,13,15H,4,6,8-10H2,1H3. The van der Waals surface area contributed by atoms with Crippen LogP contribution in [-0.4, -0.2) is 27.7 Å². The van der Waals surface area contributed by atoms with Gasteiger partial charge in [-0.3, -0.25) is 9.59 Å². The lowest BCUT2D eigenvalue weighted by Crippen LogP contribution is -2.32. The van der Waals surface area contributed by atoms with E-state index in [1.165, 1.54) is 22.9 Å². The largest absolute Gasteiger partial charge is 0.334 e. The minimum Gasteiger partial charge on any atom is -0.334 e.